The molecule has 1 heterocycles. The first-order valence-corrected chi connectivity index (χ1v) is 8.15. The largest absolute Gasteiger partial charge is 0.349 e. The molecule has 1 fully saturated rings. The molecule has 1 saturated heterocycles. The molecule has 2 rings (SSSR count). The van der Waals surface area contributed by atoms with Gasteiger partial charge in [0.15, 0.2) is 0 Å². The summed E-state index contributed by atoms with van der Waals surface area (Å²) in [6.45, 7) is 8.92. The van der Waals surface area contributed by atoms with E-state index in [1.807, 2.05) is 24.3 Å². The Morgan fingerprint density at radius 2 is 1.82 bits per heavy atom. The minimum atomic E-state index is -0.0570. The smallest absolute Gasteiger partial charge is 0.244 e. The molecule has 1 aliphatic rings. The van der Waals surface area contributed by atoms with E-state index in [2.05, 4.69) is 38.3 Å². The van der Waals surface area contributed by atoms with Crippen LogP contribution in [0.4, 0.5) is 0 Å². The molecule has 0 spiro atoms. The molecule has 1 amide bonds. The molecule has 0 aromatic heterocycles. The SMILES string of the molecule is CC1(C)CC(NC(=O)/C=C/c2ccccc2Cl)CC(C)(C)[NH2+]1. The number of carbonyl (C=O) groups excluding carboxylic acids is 1. The molecule has 3 nitrogen and oxygen atoms in total. The zero-order valence-corrected chi connectivity index (χ0v) is 14.6. The van der Waals surface area contributed by atoms with E-state index in [1.54, 1.807) is 12.2 Å². The maximum Gasteiger partial charge on any atom is 0.244 e. The number of halogens is 1. The first kappa shape index (κ1) is 17.0. The molecule has 0 unspecified atom stereocenters. The highest BCUT2D eigenvalue weighted by molar-refractivity contribution is 6.32. The molecule has 0 atom stereocenters. The molecule has 1 aromatic carbocycles. The second-order valence-corrected chi connectivity index (χ2v) is 8.00. The molecule has 0 radical (unpaired) electrons. The molecule has 0 bridgehead atoms. The molecule has 3 N–H and O–H groups in total. The summed E-state index contributed by atoms with van der Waals surface area (Å²) < 4.78 is 0. The fourth-order valence-corrected chi connectivity index (χ4v) is 3.84. The maximum absolute atomic E-state index is 12.2. The number of piperidine rings is 1. The van der Waals surface area contributed by atoms with Crippen LogP contribution in [0, 0.1) is 0 Å². The van der Waals surface area contributed by atoms with Crippen LogP contribution in [-0.4, -0.2) is 23.0 Å². The second kappa shape index (κ2) is 6.43. The molecule has 0 saturated carbocycles. The van der Waals surface area contributed by atoms with Gasteiger partial charge in [-0.2, -0.15) is 0 Å². The minimum absolute atomic E-state index is 0.0570. The van der Waals surface area contributed by atoms with Crippen molar-refractivity contribution in [3.05, 3.63) is 40.9 Å². The van der Waals surface area contributed by atoms with Crippen molar-refractivity contribution in [3.8, 4) is 0 Å². The Balaban J connectivity index is 1.99. The number of amides is 1. The van der Waals surface area contributed by atoms with E-state index in [0.29, 0.717) is 5.02 Å². The molecule has 4 heteroatoms. The summed E-state index contributed by atoms with van der Waals surface area (Å²) in [6.07, 6.45) is 5.28. The summed E-state index contributed by atoms with van der Waals surface area (Å²) in [5, 5.41) is 6.19. The predicted molar refractivity (Wildman–Crippen MR) is 91.7 cm³/mol. The third kappa shape index (κ3) is 4.85. The van der Waals surface area contributed by atoms with Gasteiger partial charge in [-0.1, -0.05) is 29.8 Å². The third-order valence-electron chi connectivity index (χ3n) is 3.99. The lowest BCUT2D eigenvalue weighted by Gasteiger charge is -2.43. The van der Waals surface area contributed by atoms with Gasteiger partial charge in [-0.15, -0.1) is 0 Å². The van der Waals surface area contributed by atoms with E-state index in [-0.39, 0.29) is 23.0 Å². The van der Waals surface area contributed by atoms with Crippen LogP contribution in [0.25, 0.3) is 6.08 Å². The minimum Gasteiger partial charge on any atom is -0.349 e. The van der Waals surface area contributed by atoms with Gasteiger partial charge in [0.1, 0.15) is 0 Å². The number of nitrogens with one attached hydrogen (secondary N) is 1. The van der Waals surface area contributed by atoms with Crippen molar-refractivity contribution in [2.75, 3.05) is 0 Å². The Hall–Kier alpha value is -1.32. The number of benzene rings is 1. The Bertz CT molecular complexity index is 562. The van der Waals surface area contributed by atoms with Gasteiger partial charge in [-0.25, -0.2) is 0 Å². The zero-order valence-electron chi connectivity index (χ0n) is 13.8. The van der Waals surface area contributed by atoms with E-state index in [1.165, 1.54) is 0 Å². The Morgan fingerprint density at radius 3 is 2.41 bits per heavy atom. The summed E-state index contributed by atoms with van der Waals surface area (Å²) in [4.78, 5) is 12.2. The average Bonchev–Trinajstić information content (AvgIpc) is 2.33. The van der Waals surface area contributed by atoms with Crippen molar-refractivity contribution in [3.63, 3.8) is 0 Å². The van der Waals surface area contributed by atoms with Gasteiger partial charge in [0, 0.05) is 30.0 Å². The number of quaternary nitrogens is 1. The zero-order chi connectivity index (χ0) is 16.4. The number of hydrogen-bond acceptors (Lipinski definition) is 1. The summed E-state index contributed by atoms with van der Waals surface area (Å²) in [6, 6.07) is 7.71. The molecule has 120 valence electrons. The van der Waals surface area contributed by atoms with Crippen molar-refractivity contribution in [2.24, 2.45) is 0 Å². The Kier molecular flexibility index (Phi) is 4.98. The number of carbonyl (C=O) groups is 1. The Labute approximate surface area is 138 Å². The first-order valence-electron chi connectivity index (χ1n) is 7.77. The van der Waals surface area contributed by atoms with Crippen molar-refractivity contribution in [1.82, 2.24) is 5.32 Å². The topological polar surface area (TPSA) is 45.7 Å². The van der Waals surface area contributed by atoms with Crippen molar-refractivity contribution < 1.29 is 10.1 Å². The normalized spacial score (nSPS) is 21.0. The fourth-order valence-electron chi connectivity index (χ4n) is 3.64. The molecule has 22 heavy (non-hydrogen) atoms. The van der Waals surface area contributed by atoms with Crippen LogP contribution in [0.15, 0.2) is 30.3 Å². The highest BCUT2D eigenvalue weighted by atomic mass is 35.5. The third-order valence-corrected chi connectivity index (χ3v) is 4.34. The second-order valence-electron chi connectivity index (χ2n) is 7.59. The Morgan fingerprint density at radius 1 is 1.23 bits per heavy atom. The van der Waals surface area contributed by atoms with Crippen LogP contribution in [0.5, 0.6) is 0 Å². The van der Waals surface area contributed by atoms with E-state index in [9.17, 15) is 4.79 Å². The van der Waals surface area contributed by atoms with Crippen molar-refractivity contribution >= 4 is 23.6 Å². The molecule has 1 aromatic rings. The quantitative estimate of drug-likeness (QED) is 0.826. The van der Waals surface area contributed by atoms with Gasteiger partial charge >= 0.3 is 0 Å². The van der Waals surface area contributed by atoms with Gasteiger partial charge in [0.25, 0.3) is 0 Å². The van der Waals surface area contributed by atoms with Crippen molar-refractivity contribution in [1.29, 1.82) is 0 Å². The van der Waals surface area contributed by atoms with Crippen LogP contribution in [-0.2, 0) is 4.79 Å². The molecular formula is C18H26ClN2O+. The van der Waals surface area contributed by atoms with E-state index in [0.717, 1.165) is 18.4 Å². The highest BCUT2D eigenvalue weighted by Gasteiger charge is 2.41. The van der Waals surface area contributed by atoms with Crippen LogP contribution in [0.1, 0.15) is 46.1 Å². The molecule has 1 aliphatic heterocycles. The standard InChI is InChI=1S/C18H25ClN2O/c1-17(2)11-14(12-18(3,4)21-17)20-16(22)10-9-13-7-5-6-8-15(13)19/h5-10,14,21H,11-12H2,1-4H3,(H,20,22)/p+1/b10-9+. The number of hydrogen-bond donors (Lipinski definition) is 2. The summed E-state index contributed by atoms with van der Waals surface area (Å²) in [5.41, 5.74) is 1.15. The molecule has 0 aliphatic carbocycles. The first-order chi connectivity index (χ1) is 10.2. The fraction of sp³-hybridized carbons (Fsp3) is 0.500. The van der Waals surface area contributed by atoms with E-state index in [4.69, 9.17) is 11.6 Å². The summed E-state index contributed by atoms with van der Waals surface area (Å²) >= 11 is 6.09. The van der Waals surface area contributed by atoms with Gasteiger partial charge in [0.2, 0.25) is 5.91 Å². The summed E-state index contributed by atoms with van der Waals surface area (Å²) in [5.74, 6) is -0.0570. The lowest BCUT2D eigenvalue weighted by molar-refractivity contribution is -0.787. The summed E-state index contributed by atoms with van der Waals surface area (Å²) in [7, 11) is 0. The van der Waals surface area contributed by atoms with E-state index < -0.39 is 0 Å². The van der Waals surface area contributed by atoms with Gasteiger partial charge in [-0.3, -0.25) is 4.79 Å². The van der Waals surface area contributed by atoms with Gasteiger partial charge < -0.3 is 10.6 Å². The van der Waals surface area contributed by atoms with Crippen LogP contribution >= 0.6 is 11.6 Å². The van der Waals surface area contributed by atoms with Crippen LogP contribution < -0.4 is 10.6 Å². The van der Waals surface area contributed by atoms with Crippen molar-refractivity contribution in [2.45, 2.75) is 57.7 Å². The number of nitrogens with two attached hydrogens (primary N) is 1. The highest BCUT2D eigenvalue weighted by Crippen LogP contribution is 2.22. The van der Waals surface area contributed by atoms with E-state index >= 15 is 0 Å². The predicted octanol–water partition coefficient (Wildman–Crippen LogP) is 2.75. The number of rotatable bonds is 3. The van der Waals surface area contributed by atoms with Gasteiger partial charge in [-0.05, 0) is 45.4 Å². The molecular weight excluding hydrogens is 296 g/mol. The van der Waals surface area contributed by atoms with Crippen LogP contribution in [0.3, 0.4) is 0 Å². The van der Waals surface area contributed by atoms with Crippen LogP contribution in [0.2, 0.25) is 5.02 Å². The van der Waals surface area contributed by atoms with Gasteiger partial charge in [0.05, 0.1) is 11.1 Å². The lowest BCUT2D eigenvalue weighted by atomic mass is 9.79. The lowest BCUT2D eigenvalue weighted by Crippen LogP contribution is -3.06. The maximum atomic E-state index is 12.2. The average molecular weight is 322 g/mol. The monoisotopic (exact) mass is 321 g/mol.